The first kappa shape index (κ1) is 12.9. The second-order valence-corrected chi connectivity index (χ2v) is 5.99. The van der Waals surface area contributed by atoms with Crippen molar-refractivity contribution >= 4 is 21.6 Å². The van der Waals surface area contributed by atoms with Crippen molar-refractivity contribution in [3.63, 3.8) is 0 Å². The standard InChI is InChI=1S/C14H14N4O2S/c1-19-9-5-11(16-7-9)14-17-13(18-20-14)8-4-12-10(15-6-8)2-3-21-12/h2-4,6,9,11,16H,5,7H2,1H3/t9-,11+/m0/s1. The van der Waals surface area contributed by atoms with Crippen molar-refractivity contribution < 1.29 is 9.26 Å². The van der Waals surface area contributed by atoms with E-state index in [1.807, 2.05) is 17.5 Å². The third-order valence-corrected chi connectivity index (χ3v) is 4.58. The maximum atomic E-state index is 5.39. The Morgan fingerprint density at radius 2 is 2.43 bits per heavy atom. The fourth-order valence-corrected chi connectivity index (χ4v) is 3.31. The Morgan fingerprint density at radius 3 is 3.29 bits per heavy atom. The SMILES string of the molecule is CO[C@@H]1CN[C@@H](c2nc(-c3cnc4ccsc4c3)no2)C1. The molecule has 21 heavy (non-hydrogen) atoms. The summed E-state index contributed by atoms with van der Waals surface area (Å²) in [5.41, 5.74) is 1.87. The smallest absolute Gasteiger partial charge is 0.244 e. The molecule has 4 rings (SSSR count). The largest absolute Gasteiger partial charge is 0.380 e. The van der Waals surface area contributed by atoms with E-state index in [1.165, 1.54) is 0 Å². The summed E-state index contributed by atoms with van der Waals surface area (Å²) in [6.45, 7) is 0.807. The van der Waals surface area contributed by atoms with E-state index in [2.05, 4.69) is 20.4 Å². The topological polar surface area (TPSA) is 73.1 Å². The van der Waals surface area contributed by atoms with Gasteiger partial charge in [0.2, 0.25) is 11.7 Å². The fraction of sp³-hybridized carbons (Fsp3) is 0.357. The van der Waals surface area contributed by atoms with Crippen LogP contribution in [0.2, 0.25) is 0 Å². The van der Waals surface area contributed by atoms with Crippen molar-refractivity contribution in [2.75, 3.05) is 13.7 Å². The van der Waals surface area contributed by atoms with Crippen LogP contribution in [0.4, 0.5) is 0 Å². The van der Waals surface area contributed by atoms with Crippen LogP contribution < -0.4 is 5.32 Å². The lowest BCUT2D eigenvalue weighted by molar-refractivity contribution is 0.116. The van der Waals surface area contributed by atoms with Gasteiger partial charge in [-0.15, -0.1) is 11.3 Å². The molecule has 3 aromatic heterocycles. The first-order chi connectivity index (χ1) is 10.3. The van der Waals surface area contributed by atoms with Crippen LogP contribution in [0.1, 0.15) is 18.4 Å². The van der Waals surface area contributed by atoms with Gasteiger partial charge in [-0.2, -0.15) is 4.98 Å². The molecule has 1 aliphatic heterocycles. The van der Waals surface area contributed by atoms with Gasteiger partial charge >= 0.3 is 0 Å². The van der Waals surface area contributed by atoms with E-state index in [9.17, 15) is 0 Å². The van der Waals surface area contributed by atoms with Crippen molar-refractivity contribution in [3.05, 3.63) is 29.6 Å². The molecule has 2 atom stereocenters. The first-order valence-electron chi connectivity index (χ1n) is 6.77. The third kappa shape index (κ3) is 2.33. The molecule has 0 unspecified atom stereocenters. The summed E-state index contributed by atoms with van der Waals surface area (Å²) >= 11 is 1.65. The van der Waals surface area contributed by atoms with Crippen LogP contribution in [0.25, 0.3) is 21.6 Å². The van der Waals surface area contributed by atoms with Gasteiger partial charge in [0.05, 0.1) is 22.4 Å². The number of nitrogens with zero attached hydrogens (tertiary/aromatic N) is 3. The van der Waals surface area contributed by atoms with Crippen molar-refractivity contribution in [1.82, 2.24) is 20.4 Å². The van der Waals surface area contributed by atoms with Gasteiger partial charge < -0.3 is 14.6 Å². The highest BCUT2D eigenvalue weighted by Gasteiger charge is 2.29. The average molecular weight is 302 g/mol. The second kappa shape index (κ2) is 5.18. The summed E-state index contributed by atoms with van der Waals surface area (Å²) in [4.78, 5) is 8.89. The van der Waals surface area contributed by atoms with Crippen LogP contribution in [0, 0.1) is 0 Å². The van der Waals surface area contributed by atoms with Crippen LogP contribution in [-0.4, -0.2) is 34.9 Å². The molecule has 0 aliphatic carbocycles. The Hall–Kier alpha value is -1.83. The summed E-state index contributed by atoms with van der Waals surface area (Å²) < 4.78 is 11.8. The number of ether oxygens (including phenoxy) is 1. The molecule has 3 aromatic rings. The van der Waals surface area contributed by atoms with Crippen LogP contribution >= 0.6 is 11.3 Å². The molecular weight excluding hydrogens is 288 g/mol. The molecule has 0 radical (unpaired) electrons. The molecular formula is C14H14N4O2S. The zero-order valence-corrected chi connectivity index (χ0v) is 12.3. The number of nitrogens with one attached hydrogen (secondary N) is 1. The molecule has 0 aromatic carbocycles. The van der Waals surface area contributed by atoms with Crippen LogP contribution in [0.3, 0.4) is 0 Å². The molecule has 4 heterocycles. The van der Waals surface area contributed by atoms with Crippen molar-refractivity contribution in [1.29, 1.82) is 0 Å². The minimum atomic E-state index is 0.0645. The van der Waals surface area contributed by atoms with E-state index in [4.69, 9.17) is 9.26 Å². The minimum Gasteiger partial charge on any atom is -0.380 e. The number of thiophene rings is 1. The highest BCUT2D eigenvalue weighted by molar-refractivity contribution is 7.17. The highest BCUT2D eigenvalue weighted by atomic mass is 32.1. The lowest BCUT2D eigenvalue weighted by atomic mass is 10.2. The molecule has 7 heteroatoms. The maximum Gasteiger partial charge on any atom is 0.244 e. The number of hydrogen-bond acceptors (Lipinski definition) is 7. The zero-order chi connectivity index (χ0) is 14.2. The number of hydrogen-bond donors (Lipinski definition) is 1. The van der Waals surface area contributed by atoms with Gasteiger partial charge in [-0.3, -0.25) is 4.98 Å². The van der Waals surface area contributed by atoms with Crippen molar-refractivity contribution in [2.45, 2.75) is 18.6 Å². The summed E-state index contributed by atoms with van der Waals surface area (Å²) in [6, 6.07) is 4.11. The molecule has 0 bridgehead atoms. The predicted molar refractivity (Wildman–Crippen MR) is 79.1 cm³/mol. The van der Waals surface area contributed by atoms with Gasteiger partial charge in [0.1, 0.15) is 0 Å². The number of methoxy groups -OCH3 is 1. The number of rotatable bonds is 3. The van der Waals surface area contributed by atoms with E-state index >= 15 is 0 Å². The van der Waals surface area contributed by atoms with Crippen molar-refractivity contribution in [3.8, 4) is 11.4 Å². The van der Waals surface area contributed by atoms with E-state index in [-0.39, 0.29) is 12.1 Å². The van der Waals surface area contributed by atoms with Crippen LogP contribution in [-0.2, 0) is 4.74 Å². The highest BCUT2D eigenvalue weighted by Crippen LogP contribution is 2.27. The molecule has 0 saturated carbocycles. The Kier molecular flexibility index (Phi) is 3.17. The molecule has 0 amide bonds. The normalized spacial score (nSPS) is 22.1. The number of pyridine rings is 1. The Bertz CT molecular complexity index is 769. The number of fused-ring (bicyclic) bond motifs is 1. The monoisotopic (exact) mass is 302 g/mol. The van der Waals surface area contributed by atoms with E-state index in [0.29, 0.717) is 11.7 Å². The lowest BCUT2D eigenvalue weighted by Crippen LogP contribution is -2.16. The van der Waals surface area contributed by atoms with Crippen molar-refractivity contribution in [2.24, 2.45) is 0 Å². The summed E-state index contributed by atoms with van der Waals surface area (Å²) in [5.74, 6) is 1.19. The first-order valence-corrected chi connectivity index (χ1v) is 7.65. The molecule has 6 nitrogen and oxygen atoms in total. The number of aromatic nitrogens is 3. The fourth-order valence-electron chi connectivity index (χ4n) is 2.53. The summed E-state index contributed by atoms with van der Waals surface area (Å²) in [5, 5.41) is 9.42. The van der Waals surface area contributed by atoms with Gasteiger partial charge in [0.15, 0.2) is 0 Å². The zero-order valence-electron chi connectivity index (χ0n) is 11.4. The van der Waals surface area contributed by atoms with E-state index in [1.54, 1.807) is 24.6 Å². The molecule has 1 fully saturated rings. The minimum absolute atomic E-state index is 0.0645. The summed E-state index contributed by atoms with van der Waals surface area (Å²) in [7, 11) is 1.72. The van der Waals surface area contributed by atoms with Gasteiger partial charge in [-0.25, -0.2) is 0 Å². The van der Waals surface area contributed by atoms with Crippen LogP contribution in [0.5, 0.6) is 0 Å². The predicted octanol–water partition coefficient (Wildman–Crippen LogP) is 2.40. The quantitative estimate of drug-likeness (QED) is 0.801. The lowest BCUT2D eigenvalue weighted by Gasteiger charge is -2.04. The van der Waals surface area contributed by atoms with Gasteiger partial charge in [-0.1, -0.05) is 5.16 Å². The van der Waals surface area contributed by atoms with E-state index in [0.717, 1.165) is 28.7 Å². The second-order valence-electron chi connectivity index (χ2n) is 5.04. The molecule has 108 valence electrons. The van der Waals surface area contributed by atoms with Gasteiger partial charge in [0.25, 0.3) is 0 Å². The maximum absolute atomic E-state index is 5.39. The molecule has 1 N–H and O–H groups in total. The Morgan fingerprint density at radius 1 is 1.48 bits per heavy atom. The average Bonchev–Trinajstić information content (AvgIpc) is 3.24. The molecule has 0 spiro atoms. The molecule has 1 saturated heterocycles. The Balaban J connectivity index is 1.61. The third-order valence-electron chi connectivity index (χ3n) is 3.72. The van der Waals surface area contributed by atoms with Crippen LogP contribution in [0.15, 0.2) is 28.2 Å². The Labute approximate surface area is 125 Å². The molecule has 1 aliphatic rings. The van der Waals surface area contributed by atoms with Gasteiger partial charge in [-0.05, 0) is 23.9 Å². The van der Waals surface area contributed by atoms with Gasteiger partial charge in [0, 0.05) is 25.4 Å². The van der Waals surface area contributed by atoms with E-state index < -0.39 is 0 Å². The summed E-state index contributed by atoms with van der Waals surface area (Å²) in [6.07, 6.45) is 2.83.